The molecule has 0 fully saturated rings. The molecule has 1 aromatic rings. The van der Waals surface area contributed by atoms with Gasteiger partial charge < -0.3 is 5.32 Å². The Hall–Kier alpha value is -2.21. The van der Waals surface area contributed by atoms with Gasteiger partial charge in [-0.2, -0.15) is 74.6 Å². The average Bonchev–Trinajstić information content (AvgIpc) is 2.68. The minimum atomic E-state index is -8.76. The number of halogens is 18. The van der Waals surface area contributed by atoms with Gasteiger partial charge in [-0.25, -0.2) is 0 Å². The monoisotopic (exact) mass is 587 g/mol. The van der Waals surface area contributed by atoms with E-state index in [-0.39, 0.29) is 10.6 Å². The van der Waals surface area contributed by atoms with E-state index >= 15 is 0 Å². The van der Waals surface area contributed by atoms with Crippen LogP contribution in [0.4, 0.5) is 80.3 Å². The summed E-state index contributed by atoms with van der Waals surface area (Å²) in [6.07, 6.45) is -7.84. The molecule has 20 heteroatoms. The van der Waals surface area contributed by atoms with E-state index in [4.69, 9.17) is 11.6 Å². The number of rotatable bonds is 8. The van der Waals surface area contributed by atoms with Crippen LogP contribution >= 0.6 is 11.6 Å². The quantitative estimate of drug-likeness (QED) is 0.312. The topological polar surface area (TPSA) is 29.1 Å². The highest BCUT2D eigenvalue weighted by Crippen LogP contribution is 2.64. The number of hydrogen-bond donors (Lipinski definition) is 1. The lowest BCUT2D eigenvalue weighted by Crippen LogP contribution is -2.75. The van der Waals surface area contributed by atoms with Gasteiger partial charge in [-0.3, -0.25) is 4.79 Å². The molecule has 0 bridgehead atoms. The van der Waals surface area contributed by atoms with Crippen LogP contribution in [0.25, 0.3) is 0 Å². The minimum absolute atomic E-state index is 0.150. The molecule has 0 aliphatic rings. The van der Waals surface area contributed by atoms with E-state index in [0.717, 1.165) is 11.4 Å². The van der Waals surface area contributed by atoms with Crippen molar-refractivity contribution >= 4 is 23.2 Å². The van der Waals surface area contributed by atoms with Gasteiger partial charge in [0, 0.05) is 10.7 Å². The Bertz CT molecular complexity index is 1000. The van der Waals surface area contributed by atoms with E-state index in [0.29, 0.717) is 12.1 Å². The molecule has 2 nitrogen and oxygen atoms in total. The molecule has 0 aromatic heterocycles. The fraction of sp³-hybridized carbons (Fsp3) is 0.562. The fourth-order valence-electron chi connectivity index (χ4n) is 2.19. The van der Waals surface area contributed by atoms with Gasteiger partial charge in [0.25, 0.3) is 0 Å². The summed E-state index contributed by atoms with van der Waals surface area (Å²) in [4.78, 5) is 11.4. The Labute approximate surface area is 192 Å². The largest absolute Gasteiger partial charge is 0.460 e. The molecular formula is C16H7ClF17NO. The zero-order chi connectivity index (χ0) is 29.1. The van der Waals surface area contributed by atoms with E-state index in [1.54, 1.807) is 0 Å². The van der Waals surface area contributed by atoms with E-state index in [9.17, 15) is 79.4 Å². The summed E-state index contributed by atoms with van der Waals surface area (Å²) in [5, 5.41) is 0.375. The van der Waals surface area contributed by atoms with Gasteiger partial charge in [-0.1, -0.05) is 17.7 Å². The number of hydrogen-bond acceptors (Lipinski definition) is 1. The second-order valence-electron chi connectivity index (χ2n) is 6.94. The van der Waals surface area contributed by atoms with Gasteiger partial charge in [0.15, 0.2) is 0 Å². The predicted molar refractivity (Wildman–Crippen MR) is 85.5 cm³/mol. The molecule has 1 rings (SSSR count). The summed E-state index contributed by atoms with van der Waals surface area (Å²) in [6.45, 7) is 1.26. The molecule has 0 radical (unpaired) electrons. The molecule has 0 saturated carbocycles. The lowest BCUT2D eigenvalue weighted by atomic mass is 9.89. The van der Waals surface area contributed by atoms with Crippen LogP contribution in [-0.2, 0) is 4.79 Å². The van der Waals surface area contributed by atoms with Crippen molar-refractivity contribution in [2.24, 2.45) is 0 Å². The molecule has 208 valence electrons. The summed E-state index contributed by atoms with van der Waals surface area (Å²) in [6, 6.07) is 2.03. The van der Waals surface area contributed by atoms with Crippen molar-refractivity contribution in [3.05, 3.63) is 28.8 Å². The van der Waals surface area contributed by atoms with Crippen molar-refractivity contribution < 1.29 is 79.4 Å². The maximum atomic E-state index is 13.8. The molecule has 0 aliphatic carbocycles. The van der Waals surface area contributed by atoms with Crippen LogP contribution in [0.2, 0.25) is 5.02 Å². The third-order valence-electron chi connectivity index (χ3n) is 4.44. The van der Waals surface area contributed by atoms with Crippen LogP contribution in [0.3, 0.4) is 0 Å². The first-order valence-corrected chi connectivity index (χ1v) is 8.72. The summed E-state index contributed by atoms with van der Waals surface area (Å²) < 4.78 is 224. The number of alkyl halides is 17. The van der Waals surface area contributed by atoms with Gasteiger partial charge in [-0.15, -0.1) is 0 Å². The molecule has 0 spiro atoms. The highest BCUT2D eigenvalue weighted by Gasteiger charge is 2.95. The van der Waals surface area contributed by atoms with Crippen LogP contribution in [0.1, 0.15) is 5.56 Å². The SMILES string of the molecule is Cc1ccc(NC(=O)C(F)(F)C(F)(F)C(F)(F)C(F)(F)C(F)(F)C(F)(F)C(F)(F)C(F)(F)F)cc1Cl. The van der Waals surface area contributed by atoms with Crippen molar-refractivity contribution in [1.29, 1.82) is 0 Å². The normalized spacial score (nSPS) is 15.2. The van der Waals surface area contributed by atoms with Crippen molar-refractivity contribution in [3.8, 4) is 0 Å². The third-order valence-corrected chi connectivity index (χ3v) is 4.84. The summed E-state index contributed by atoms with van der Waals surface area (Å²) >= 11 is 5.49. The van der Waals surface area contributed by atoms with Crippen molar-refractivity contribution in [2.45, 2.75) is 54.6 Å². The van der Waals surface area contributed by atoms with E-state index in [1.807, 2.05) is 0 Å². The number of aryl methyl sites for hydroxylation is 1. The lowest BCUT2D eigenvalue weighted by molar-refractivity contribution is -0.459. The van der Waals surface area contributed by atoms with Crippen LogP contribution < -0.4 is 5.32 Å². The first-order chi connectivity index (χ1) is 15.6. The summed E-state index contributed by atoms with van der Waals surface area (Å²) in [7, 11) is 0. The van der Waals surface area contributed by atoms with Crippen molar-refractivity contribution in [3.63, 3.8) is 0 Å². The van der Waals surface area contributed by atoms with Crippen LogP contribution in [0.5, 0.6) is 0 Å². The Morgan fingerprint density at radius 2 is 1.00 bits per heavy atom. The molecule has 0 unspecified atom stereocenters. The van der Waals surface area contributed by atoms with Gasteiger partial charge in [0.2, 0.25) is 0 Å². The summed E-state index contributed by atoms with van der Waals surface area (Å²) in [5.41, 5.74) is -0.848. The first-order valence-electron chi connectivity index (χ1n) is 8.34. The number of anilines is 1. The zero-order valence-corrected chi connectivity index (χ0v) is 17.2. The molecule has 1 amide bonds. The number of amides is 1. The molecule has 1 N–H and O–H groups in total. The van der Waals surface area contributed by atoms with Crippen LogP contribution in [0, 0.1) is 6.92 Å². The van der Waals surface area contributed by atoms with E-state index in [2.05, 4.69) is 0 Å². The van der Waals surface area contributed by atoms with Gasteiger partial charge in [0.1, 0.15) is 0 Å². The van der Waals surface area contributed by atoms with Gasteiger partial charge in [0.05, 0.1) is 0 Å². The molecular weight excluding hydrogens is 581 g/mol. The molecule has 0 atom stereocenters. The average molecular weight is 588 g/mol. The Balaban J connectivity index is 3.58. The second kappa shape index (κ2) is 8.68. The predicted octanol–water partition coefficient (Wildman–Crippen LogP) is 7.60. The van der Waals surface area contributed by atoms with Crippen LogP contribution in [-0.4, -0.2) is 53.5 Å². The fourth-order valence-corrected chi connectivity index (χ4v) is 2.37. The van der Waals surface area contributed by atoms with Crippen molar-refractivity contribution in [2.75, 3.05) is 5.32 Å². The molecule has 1 aromatic carbocycles. The molecule has 0 aliphatic heterocycles. The number of carbonyl (C=O) groups excluding carboxylic acids is 1. The molecule has 0 heterocycles. The number of nitrogens with one attached hydrogen (secondary N) is 1. The molecule has 36 heavy (non-hydrogen) atoms. The smallest absolute Gasteiger partial charge is 0.321 e. The Morgan fingerprint density at radius 3 is 1.36 bits per heavy atom. The van der Waals surface area contributed by atoms with Crippen molar-refractivity contribution in [1.82, 2.24) is 0 Å². The van der Waals surface area contributed by atoms with E-state index < -0.39 is 59.2 Å². The number of benzene rings is 1. The molecule has 0 saturated heterocycles. The maximum Gasteiger partial charge on any atom is 0.460 e. The third kappa shape index (κ3) is 4.29. The first kappa shape index (κ1) is 31.8. The van der Waals surface area contributed by atoms with Gasteiger partial charge in [-0.05, 0) is 24.6 Å². The summed E-state index contributed by atoms with van der Waals surface area (Å²) in [5.74, 6) is -61.9. The minimum Gasteiger partial charge on any atom is -0.321 e. The standard InChI is InChI=1S/C16H7ClF17NO/c1-5-2-3-6(4-7(5)17)35-8(36)9(18,19)10(20,21)11(22,23)12(24,25)13(26,27)14(28,29)15(30,31)16(32,33)34/h2-4H,1H3,(H,35,36). The lowest BCUT2D eigenvalue weighted by Gasteiger charge is -2.42. The highest BCUT2D eigenvalue weighted by atomic mass is 35.5. The van der Waals surface area contributed by atoms with Gasteiger partial charge >= 0.3 is 53.5 Å². The van der Waals surface area contributed by atoms with Crippen LogP contribution in [0.15, 0.2) is 18.2 Å². The highest BCUT2D eigenvalue weighted by molar-refractivity contribution is 6.31. The number of carbonyl (C=O) groups is 1. The Kier molecular flexibility index (Phi) is 7.67. The van der Waals surface area contributed by atoms with E-state index in [1.165, 1.54) is 6.92 Å². The Morgan fingerprint density at radius 1 is 0.639 bits per heavy atom. The maximum absolute atomic E-state index is 13.8. The second-order valence-corrected chi connectivity index (χ2v) is 7.34. The zero-order valence-electron chi connectivity index (χ0n) is 16.4.